The molecule has 1 heterocycles. The van der Waals surface area contributed by atoms with Crippen LogP contribution < -0.4 is 20.3 Å². The highest BCUT2D eigenvalue weighted by Crippen LogP contribution is 2.38. The zero-order valence-electron chi connectivity index (χ0n) is 24.6. The molecule has 3 rings (SSSR count). The average Bonchev–Trinajstić information content (AvgIpc) is 2.90. The maximum absolute atomic E-state index is 13.5. The summed E-state index contributed by atoms with van der Waals surface area (Å²) in [6.45, 7) is 9.21. The summed E-state index contributed by atoms with van der Waals surface area (Å²) < 4.78 is 30.4. The van der Waals surface area contributed by atoms with Crippen molar-refractivity contribution in [2.75, 3.05) is 30.4 Å². The number of methoxy groups -OCH3 is 1. The molecule has 12 nitrogen and oxygen atoms in total. The average molecular weight is 603 g/mol. The molecular formula is C29H38N4O8S. The molecule has 228 valence electrons. The van der Waals surface area contributed by atoms with Gasteiger partial charge in [-0.3, -0.25) is 24.6 Å². The molecule has 1 aliphatic heterocycles. The van der Waals surface area contributed by atoms with Crippen LogP contribution >= 0.6 is 0 Å². The molecule has 0 unspecified atom stereocenters. The Hall–Kier alpha value is -3.97. The van der Waals surface area contributed by atoms with Crippen molar-refractivity contribution < 1.29 is 37.4 Å². The summed E-state index contributed by atoms with van der Waals surface area (Å²) in [4.78, 5) is 50.5. The first-order valence-corrected chi connectivity index (χ1v) is 14.5. The van der Waals surface area contributed by atoms with Crippen molar-refractivity contribution in [1.82, 2.24) is 9.62 Å². The Kier molecular flexibility index (Phi) is 10.0. The number of aliphatic carboxylic acids is 1. The number of anilines is 2. The normalized spacial score (nSPS) is 14.2. The highest BCUT2D eigenvalue weighted by atomic mass is 32.2. The quantitative estimate of drug-likeness (QED) is 0.284. The van der Waals surface area contributed by atoms with Crippen LogP contribution in [0.1, 0.15) is 68.9 Å². The minimum atomic E-state index is -2.94. The molecule has 2 aromatic carbocycles. The zero-order valence-corrected chi connectivity index (χ0v) is 25.5. The molecule has 0 saturated carbocycles. The molecule has 1 fully saturated rings. The third-order valence-electron chi connectivity index (χ3n) is 7.08. The van der Waals surface area contributed by atoms with Crippen LogP contribution in [0.15, 0.2) is 36.4 Å². The number of carboxylic acids is 1. The van der Waals surface area contributed by atoms with Crippen LogP contribution in [0.25, 0.3) is 0 Å². The number of benzene rings is 2. The second kappa shape index (κ2) is 12.9. The number of amides is 4. The Morgan fingerprint density at radius 2 is 1.74 bits per heavy atom. The van der Waals surface area contributed by atoms with Crippen LogP contribution in [0, 0.1) is 5.41 Å². The summed E-state index contributed by atoms with van der Waals surface area (Å²) in [5.41, 5.74) is 0.922. The Morgan fingerprint density at radius 3 is 2.26 bits per heavy atom. The molecule has 0 radical (unpaired) electrons. The summed E-state index contributed by atoms with van der Waals surface area (Å²) >= 11 is 0. The van der Waals surface area contributed by atoms with Gasteiger partial charge in [0.15, 0.2) is 0 Å². The SMILES string of the molecule is COc1c(C(=O)Nc2ccc(CN(CCC(C)(C)C(=O)O)[SH](=O)=O)cc2)cc(N2CCC(=O)NC2=O)cc1C(C)(C)C. The lowest BCUT2D eigenvalue weighted by atomic mass is 9.84. The van der Waals surface area contributed by atoms with Crippen molar-refractivity contribution in [1.29, 1.82) is 0 Å². The summed E-state index contributed by atoms with van der Waals surface area (Å²) in [5, 5.41) is 14.4. The molecule has 4 amide bonds. The van der Waals surface area contributed by atoms with Gasteiger partial charge in [0.1, 0.15) is 5.75 Å². The summed E-state index contributed by atoms with van der Waals surface area (Å²) in [6, 6.07) is 9.38. The van der Waals surface area contributed by atoms with Gasteiger partial charge in [-0.1, -0.05) is 32.9 Å². The summed E-state index contributed by atoms with van der Waals surface area (Å²) in [7, 11) is -1.47. The summed E-state index contributed by atoms with van der Waals surface area (Å²) in [6.07, 6.45) is 0.276. The van der Waals surface area contributed by atoms with Gasteiger partial charge >= 0.3 is 12.0 Å². The predicted octanol–water partition coefficient (Wildman–Crippen LogP) is 3.52. The van der Waals surface area contributed by atoms with E-state index < -0.39 is 39.6 Å². The molecular weight excluding hydrogens is 564 g/mol. The lowest BCUT2D eigenvalue weighted by molar-refractivity contribution is -0.147. The number of nitrogens with one attached hydrogen (secondary N) is 2. The Balaban J connectivity index is 1.84. The topological polar surface area (TPSA) is 162 Å². The van der Waals surface area contributed by atoms with Crippen molar-refractivity contribution in [3.8, 4) is 5.75 Å². The molecule has 13 heteroatoms. The van der Waals surface area contributed by atoms with Crippen LogP contribution in [-0.4, -0.2) is 61.8 Å². The maximum atomic E-state index is 13.5. The van der Waals surface area contributed by atoms with E-state index in [9.17, 15) is 32.7 Å². The largest absolute Gasteiger partial charge is 0.496 e. The standard InChI is InChI=1S/C29H38N4O8S/c1-28(2,3)22-16-20(33-13-11-23(34)31-27(33)38)15-21(24(22)41-6)25(35)30-19-9-7-18(8-10-19)17-32(42(39)40)14-12-29(4,5)26(36)37/h7-10,15-16,42H,11-14,17H2,1-6H3,(H,30,35)(H,36,37)(H,31,34,38). The molecule has 2 aromatic rings. The van der Waals surface area contributed by atoms with Crippen molar-refractivity contribution in [3.05, 3.63) is 53.1 Å². The van der Waals surface area contributed by atoms with E-state index in [1.807, 2.05) is 20.8 Å². The molecule has 1 aliphatic rings. The number of nitrogens with zero attached hydrogens (tertiary/aromatic N) is 2. The predicted molar refractivity (Wildman–Crippen MR) is 158 cm³/mol. The number of hydrogen-bond acceptors (Lipinski definition) is 7. The molecule has 0 atom stereocenters. The highest BCUT2D eigenvalue weighted by Gasteiger charge is 2.31. The van der Waals surface area contributed by atoms with Gasteiger partial charge in [0.2, 0.25) is 16.8 Å². The van der Waals surface area contributed by atoms with E-state index in [1.165, 1.54) is 16.3 Å². The number of ether oxygens (including phenoxy) is 1. The van der Waals surface area contributed by atoms with Gasteiger partial charge < -0.3 is 15.2 Å². The second-order valence-electron chi connectivity index (χ2n) is 11.8. The van der Waals surface area contributed by atoms with Gasteiger partial charge in [-0.25, -0.2) is 13.2 Å². The van der Waals surface area contributed by atoms with Crippen molar-refractivity contribution in [2.45, 2.75) is 59.4 Å². The van der Waals surface area contributed by atoms with Gasteiger partial charge in [0.25, 0.3) is 5.91 Å². The lowest BCUT2D eigenvalue weighted by Crippen LogP contribution is -2.49. The molecule has 0 bridgehead atoms. The maximum Gasteiger partial charge on any atom is 0.328 e. The minimum absolute atomic E-state index is 0.0476. The Morgan fingerprint density at radius 1 is 1.10 bits per heavy atom. The molecule has 0 spiro atoms. The van der Waals surface area contributed by atoms with Gasteiger partial charge in [0.05, 0.1) is 18.1 Å². The van der Waals surface area contributed by atoms with Crippen LogP contribution in [0.4, 0.5) is 16.2 Å². The third-order valence-corrected chi connectivity index (χ3v) is 7.88. The van der Waals surface area contributed by atoms with E-state index in [0.29, 0.717) is 28.3 Å². The highest BCUT2D eigenvalue weighted by molar-refractivity contribution is 7.69. The van der Waals surface area contributed by atoms with Crippen LogP contribution in [-0.2, 0) is 32.4 Å². The number of carbonyl (C=O) groups excluding carboxylic acids is 3. The number of urea groups is 1. The number of carboxylic acid groups (broad SMARTS) is 1. The minimum Gasteiger partial charge on any atom is -0.496 e. The molecule has 3 N–H and O–H groups in total. The van der Waals surface area contributed by atoms with Crippen molar-refractivity contribution in [3.63, 3.8) is 0 Å². The van der Waals surface area contributed by atoms with Crippen LogP contribution in [0.2, 0.25) is 0 Å². The molecule has 42 heavy (non-hydrogen) atoms. The Labute approximate surface area is 247 Å². The molecule has 1 saturated heterocycles. The second-order valence-corrected chi connectivity index (χ2v) is 12.8. The fourth-order valence-corrected chi connectivity index (χ4v) is 4.90. The van der Waals surface area contributed by atoms with Gasteiger partial charge in [0, 0.05) is 43.0 Å². The van der Waals surface area contributed by atoms with Crippen LogP contribution in [0.5, 0.6) is 5.75 Å². The monoisotopic (exact) mass is 602 g/mol. The third kappa shape index (κ3) is 7.85. The molecule has 0 aromatic heterocycles. The van der Waals surface area contributed by atoms with Gasteiger partial charge in [-0.05, 0) is 55.5 Å². The van der Waals surface area contributed by atoms with E-state index in [4.69, 9.17) is 4.74 Å². The Bertz CT molecular complexity index is 1440. The number of rotatable bonds is 11. The summed E-state index contributed by atoms with van der Waals surface area (Å²) in [5.74, 6) is -1.50. The smallest absolute Gasteiger partial charge is 0.328 e. The first kappa shape index (κ1) is 32.5. The van der Waals surface area contributed by atoms with E-state index in [1.54, 1.807) is 50.2 Å². The van der Waals surface area contributed by atoms with E-state index in [-0.39, 0.29) is 43.9 Å². The lowest BCUT2D eigenvalue weighted by Gasteiger charge is -2.30. The number of hydrogen-bond donors (Lipinski definition) is 4. The van der Waals surface area contributed by atoms with E-state index in [2.05, 4.69) is 10.6 Å². The van der Waals surface area contributed by atoms with E-state index >= 15 is 0 Å². The fraction of sp³-hybridized carbons (Fsp3) is 0.448. The van der Waals surface area contributed by atoms with E-state index in [0.717, 1.165) is 0 Å². The number of thiol groups is 1. The zero-order chi connectivity index (χ0) is 31.4. The molecule has 0 aliphatic carbocycles. The van der Waals surface area contributed by atoms with Crippen molar-refractivity contribution >= 4 is 46.1 Å². The number of carbonyl (C=O) groups is 4. The first-order chi connectivity index (χ1) is 19.5. The number of imide groups is 1. The van der Waals surface area contributed by atoms with Crippen LogP contribution in [0.3, 0.4) is 0 Å². The first-order valence-electron chi connectivity index (χ1n) is 13.4. The van der Waals surface area contributed by atoms with Crippen molar-refractivity contribution in [2.24, 2.45) is 5.41 Å². The van der Waals surface area contributed by atoms with Gasteiger partial charge in [-0.2, -0.15) is 4.31 Å². The van der Waals surface area contributed by atoms with Gasteiger partial charge in [-0.15, -0.1) is 0 Å². The fourth-order valence-electron chi connectivity index (χ4n) is 4.36.